The standard InChI is InChI=1S/C14H17BrClFO/c1-2-9-5-7-14(18,8-6-9)10-3-4-11(15)12(16)13(10)17/h3-4,9,18H,2,5-8H2,1H3. The van der Waals surface area contributed by atoms with Crippen LogP contribution >= 0.6 is 27.5 Å². The van der Waals surface area contributed by atoms with Gasteiger partial charge in [-0.2, -0.15) is 0 Å². The van der Waals surface area contributed by atoms with Gasteiger partial charge in [-0.25, -0.2) is 4.39 Å². The van der Waals surface area contributed by atoms with Crippen molar-refractivity contribution in [3.63, 3.8) is 0 Å². The molecule has 100 valence electrons. The van der Waals surface area contributed by atoms with Crippen LogP contribution < -0.4 is 0 Å². The quantitative estimate of drug-likeness (QED) is 0.752. The summed E-state index contributed by atoms with van der Waals surface area (Å²) in [4.78, 5) is 0. The van der Waals surface area contributed by atoms with E-state index >= 15 is 0 Å². The molecule has 1 aliphatic rings. The highest BCUT2D eigenvalue weighted by Crippen LogP contribution is 2.43. The van der Waals surface area contributed by atoms with Gasteiger partial charge in [-0.1, -0.05) is 31.0 Å². The number of halogens is 3. The van der Waals surface area contributed by atoms with Crippen LogP contribution in [0.2, 0.25) is 5.02 Å². The number of benzene rings is 1. The summed E-state index contributed by atoms with van der Waals surface area (Å²) < 4.78 is 14.7. The van der Waals surface area contributed by atoms with Gasteiger partial charge in [0.05, 0.1) is 10.6 Å². The molecule has 0 aliphatic heterocycles. The van der Waals surface area contributed by atoms with Crippen LogP contribution in [0.25, 0.3) is 0 Å². The van der Waals surface area contributed by atoms with Crippen LogP contribution in [0.4, 0.5) is 4.39 Å². The van der Waals surface area contributed by atoms with Crippen molar-refractivity contribution < 1.29 is 9.50 Å². The monoisotopic (exact) mass is 334 g/mol. The lowest BCUT2D eigenvalue weighted by molar-refractivity contribution is -0.0174. The number of rotatable bonds is 2. The molecule has 0 radical (unpaired) electrons. The highest BCUT2D eigenvalue weighted by molar-refractivity contribution is 9.10. The van der Waals surface area contributed by atoms with E-state index in [1.54, 1.807) is 12.1 Å². The molecule has 0 aromatic heterocycles. The van der Waals surface area contributed by atoms with Crippen LogP contribution in [0.5, 0.6) is 0 Å². The molecule has 1 aliphatic carbocycles. The Balaban J connectivity index is 2.29. The summed E-state index contributed by atoms with van der Waals surface area (Å²) >= 11 is 9.08. The molecule has 1 nitrogen and oxygen atoms in total. The molecule has 1 fully saturated rings. The molecule has 1 aromatic carbocycles. The second-order valence-electron chi connectivity index (χ2n) is 5.11. The maximum absolute atomic E-state index is 14.1. The summed E-state index contributed by atoms with van der Waals surface area (Å²) in [6.45, 7) is 2.16. The van der Waals surface area contributed by atoms with Gasteiger partial charge in [0.25, 0.3) is 0 Å². The Kier molecular flexibility index (Phi) is 4.35. The van der Waals surface area contributed by atoms with E-state index in [1.165, 1.54) is 0 Å². The molecule has 0 unspecified atom stereocenters. The predicted molar refractivity (Wildman–Crippen MR) is 75.3 cm³/mol. The molecule has 0 saturated heterocycles. The predicted octanol–water partition coefficient (Wildman–Crippen LogP) is 5.03. The van der Waals surface area contributed by atoms with E-state index < -0.39 is 11.4 Å². The Morgan fingerprint density at radius 2 is 2.06 bits per heavy atom. The first-order chi connectivity index (χ1) is 8.48. The van der Waals surface area contributed by atoms with E-state index in [4.69, 9.17) is 11.6 Å². The lowest BCUT2D eigenvalue weighted by Gasteiger charge is -2.36. The van der Waals surface area contributed by atoms with Gasteiger partial charge >= 0.3 is 0 Å². The van der Waals surface area contributed by atoms with Crippen LogP contribution in [0.15, 0.2) is 16.6 Å². The first-order valence-corrected chi connectivity index (χ1v) is 7.51. The fourth-order valence-electron chi connectivity index (χ4n) is 2.72. The van der Waals surface area contributed by atoms with Crippen molar-refractivity contribution in [3.05, 3.63) is 33.0 Å². The molecule has 18 heavy (non-hydrogen) atoms. The molecule has 4 heteroatoms. The molecule has 1 aromatic rings. The van der Waals surface area contributed by atoms with Crippen LogP contribution in [0.3, 0.4) is 0 Å². The SMILES string of the molecule is CCC1CCC(O)(c2ccc(Br)c(Cl)c2F)CC1. The van der Waals surface area contributed by atoms with Gasteiger partial charge < -0.3 is 5.11 Å². The lowest BCUT2D eigenvalue weighted by atomic mass is 9.74. The zero-order chi connectivity index (χ0) is 13.3. The van der Waals surface area contributed by atoms with Gasteiger partial charge in [0, 0.05) is 10.0 Å². The topological polar surface area (TPSA) is 20.2 Å². The summed E-state index contributed by atoms with van der Waals surface area (Å²) in [7, 11) is 0. The largest absolute Gasteiger partial charge is 0.385 e. The summed E-state index contributed by atoms with van der Waals surface area (Å²) in [6, 6.07) is 3.34. The van der Waals surface area contributed by atoms with Gasteiger partial charge in [-0.3, -0.25) is 0 Å². The second-order valence-corrected chi connectivity index (χ2v) is 6.34. The second kappa shape index (κ2) is 5.48. The molecule has 1 N–H and O–H groups in total. The van der Waals surface area contributed by atoms with Gasteiger partial charge in [-0.15, -0.1) is 0 Å². The molecule has 0 heterocycles. The van der Waals surface area contributed by atoms with Crippen molar-refractivity contribution in [3.8, 4) is 0 Å². The van der Waals surface area contributed by atoms with E-state index in [9.17, 15) is 9.50 Å². The molecule has 0 atom stereocenters. The Labute approximate surface area is 120 Å². The van der Waals surface area contributed by atoms with Crippen LogP contribution in [0.1, 0.15) is 44.6 Å². The number of hydrogen-bond donors (Lipinski definition) is 1. The third kappa shape index (κ3) is 2.59. The molecular weight excluding hydrogens is 319 g/mol. The van der Waals surface area contributed by atoms with Crippen molar-refractivity contribution in [2.24, 2.45) is 5.92 Å². The first kappa shape index (κ1) is 14.3. The van der Waals surface area contributed by atoms with E-state index in [1.807, 2.05) is 0 Å². The minimum Gasteiger partial charge on any atom is -0.385 e. The summed E-state index contributed by atoms with van der Waals surface area (Å²) in [5.41, 5.74) is -0.717. The summed E-state index contributed by atoms with van der Waals surface area (Å²) in [5.74, 6) is 0.155. The van der Waals surface area contributed by atoms with E-state index in [2.05, 4.69) is 22.9 Å². The number of aliphatic hydroxyl groups is 1. The highest BCUT2D eigenvalue weighted by atomic mass is 79.9. The van der Waals surface area contributed by atoms with E-state index in [0.717, 1.165) is 19.3 Å². The maximum Gasteiger partial charge on any atom is 0.149 e. The third-order valence-corrected chi connectivity index (χ3v) is 5.30. The Morgan fingerprint density at radius 1 is 1.44 bits per heavy atom. The van der Waals surface area contributed by atoms with E-state index in [0.29, 0.717) is 28.8 Å². The smallest absolute Gasteiger partial charge is 0.149 e. The van der Waals surface area contributed by atoms with Crippen LogP contribution in [-0.4, -0.2) is 5.11 Å². The molecule has 0 spiro atoms. The third-order valence-electron chi connectivity index (χ3n) is 4.05. The fourth-order valence-corrected chi connectivity index (χ4v) is 3.19. The lowest BCUT2D eigenvalue weighted by Crippen LogP contribution is -2.32. The maximum atomic E-state index is 14.1. The normalized spacial score (nSPS) is 28.4. The molecular formula is C14H17BrClFO. The average molecular weight is 336 g/mol. The summed E-state index contributed by atoms with van der Waals surface area (Å²) in [5, 5.41) is 10.7. The van der Waals surface area contributed by atoms with Crippen LogP contribution in [-0.2, 0) is 5.60 Å². The van der Waals surface area contributed by atoms with Gasteiger partial charge in [-0.05, 0) is 53.6 Å². The minimum atomic E-state index is -1.06. The first-order valence-electron chi connectivity index (χ1n) is 6.34. The van der Waals surface area contributed by atoms with Crippen molar-refractivity contribution >= 4 is 27.5 Å². The van der Waals surface area contributed by atoms with Crippen LogP contribution in [0, 0.1) is 11.7 Å². The van der Waals surface area contributed by atoms with Crippen molar-refractivity contribution in [1.29, 1.82) is 0 Å². The average Bonchev–Trinajstić information content (AvgIpc) is 2.37. The molecule has 0 amide bonds. The zero-order valence-corrected chi connectivity index (χ0v) is 12.7. The van der Waals surface area contributed by atoms with Crippen molar-refractivity contribution in [2.75, 3.05) is 0 Å². The fraction of sp³-hybridized carbons (Fsp3) is 0.571. The van der Waals surface area contributed by atoms with Gasteiger partial charge in [0.15, 0.2) is 0 Å². The van der Waals surface area contributed by atoms with Crippen molar-refractivity contribution in [2.45, 2.75) is 44.6 Å². The molecule has 0 bridgehead atoms. The Hall–Kier alpha value is -0.120. The molecule has 2 rings (SSSR count). The zero-order valence-electron chi connectivity index (χ0n) is 10.3. The molecule has 1 saturated carbocycles. The Bertz CT molecular complexity index is 442. The number of hydrogen-bond acceptors (Lipinski definition) is 1. The highest BCUT2D eigenvalue weighted by Gasteiger charge is 2.37. The van der Waals surface area contributed by atoms with Gasteiger partial charge in [0.1, 0.15) is 5.82 Å². The minimum absolute atomic E-state index is 0.0542. The van der Waals surface area contributed by atoms with Gasteiger partial charge in [0.2, 0.25) is 0 Å². The Morgan fingerprint density at radius 3 is 2.61 bits per heavy atom. The van der Waals surface area contributed by atoms with Crippen molar-refractivity contribution in [1.82, 2.24) is 0 Å². The summed E-state index contributed by atoms with van der Waals surface area (Å²) in [6.07, 6.45) is 4.24. The van der Waals surface area contributed by atoms with E-state index in [-0.39, 0.29) is 5.02 Å².